The van der Waals surface area contributed by atoms with Gasteiger partial charge in [0.2, 0.25) is 0 Å². The highest BCUT2D eigenvalue weighted by Gasteiger charge is 2.11. The van der Waals surface area contributed by atoms with Gasteiger partial charge in [-0.05, 0) is 30.3 Å². The van der Waals surface area contributed by atoms with Crippen LogP contribution in [0.5, 0.6) is 0 Å². The number of benzene rings is 1. The van der Waals surface area contributed by atoms with Crippen molar-refractivity contribution in [1.82, 2.24) is 4.98 Å². The smallest absolute Gasteiger partial charge is 0.259 e. The predicted molar refractivity (Wildman–Crippen MR) is 75.9 cm³/mol. The fraction of sp³-hybridized carbons (Fsp3) is 0.0769. The highest BCUT2D eigenvalue weighted by atomic mass is 79.9. The zero-order chi connectivity index (χ0) is 13.0. The van der Waals surface area contributed by atoms with Gasteiger partial charge in [-0.25, -0.2) is 4.98 Å². The highest BCUT2D eigenvalue weighted by Crippen LogP contribution is 2.18. The molecule has 0 fully saturated rings. The van der Waals surface area contributed by atoms with Gasteiger partial charge in [0.15, 0.2) is 0 Å². The van der Waals surface area contributed by atoms with Gasteiger partial charge < -0.3 is 10.6 Å². The van der Waals surface area contributed by atoms with Gasteiger partial charge in [0.05, 0.1) is 5.56 Å². The Morgan fingerprint density at radius 1 is 1.28 bits per heavy atom. The van der Waals surface area contributed by atoms with Crippen molar-refractivity contribution in [3.63, 3.8) is 0 Å². The number of carbonyl (C=O) groups is 1. The summed E-state index contributed by atoms with van der Waals surface area (Å²) in [7, 11) is 1.73. The number of carbonyl (C=O) groups excluding carboxylic acids is 1. The fourth-order valence-electron chi connectivity index (χ4n) is 1.55. The molecule has 2 aromatic rings. The summed E-state index contributed by atoms with van der Waals surface area (Å²) >= 11 is 3.36. The van der Waals surface area contributed by atoms with Crippen molar-refractivity contribution in [3.05, 3.63) is 52.6 Å². The topological polar surface area (TPSA) is 54.0 Å². The molecule has 1 aromatic carbocycles. The number of hydrogen-bond donors (Lipinski definition) is 2. The standard InChI is InChI=1S/C13H12BrN3O/c1-15-12-11(6-3-7-16-12)13(18)17-10-5-2-4-9(14)8-10/h2-8H,1H3,(H,15,16)(H,17,18). The lowest BCUT2D eigenvalue weighted by atomic mass is 10.2. The molecule has 18 heavy (non-hydrogen) atoms. The molecule has 4 nitrogen and oxygen atoms in total. The molecule has 0 aliphatic heterocycles. The summed E-state index contributed by atoms with van der Waals surface area (Å²) in [5.74, 6) is 0.371. The number of pyridine rings is 1. The molecule has 92 valence electrons. The van der Waals surface area contributed by atoms with Crippen molar-refractivity contribution in [2.75, 3.05) is 17.7 Å². The van der Waals surface area contributed by atoms with Crippen molar-refractivity contribution in [3.8, 4) is 0 Å². The quantitative estimate of drug-likeness (QED) is 0.916. The van der Waals surface area contributed by atoms with E-state index in [4.69, 9.17) is 0 Å². The summed E-state index contributed by atoms with van der Waals surface area (Å²) in [6.45, 7) is 0. The molecule has 0 radical (unpaired) electrons. The average Bonchev–Trinajstić information content (AvgIpc) is 2.38. The number of rotatable bonds is 3. The van der Waals surface area contributed by atoms with E-state index in [1.54, 1.807) is 25.4 Å². The first-order valence-corrected chi connectivity index (χ1v) is 6.19. The van der Waals surface area contributed by atoms with Gasteiger partial charge in [-0.2, -0.15) is 0 Å². The van der Waals surface area contributed by atoms with Crippen LogP contribution in [0.15, 0.2) is 47.1 Å². The van der Waals surface area contributed by atoms with Crippen LogP contribution in [0.2, 0.25) is 0 Å². The van der Waals surface area contributed by atoms with Crippen LogP contribution < -0.4 is 10.6 Å². The van der Waals surface area contributed by atoms with Gasteiger partial charge in [0, 0.05) is 23.4 Å². The summed E-state index contributed by atoms with van der Waals surface area (Å²) in [5.41, 5.74) is 1.25. The van der Waals surface area contributed by atoms with E-state index in [-0.39, 0.29) is 5.91 Å². The van der Waals surface area contributed by atoms with Crippen molar-refractivity contribution in [2.24, 2.45) is 0 Å². The van der Waals surface area contributed by atoms with Crippen molar-refractivity contribution < 1.29 is 4.79 Å². The normalized spacial score (nSPS) is 9.89. The Kier molecular flexibility index (Phi) is 3.94. The second kappa shape index (κ2) is 5.64. The first kappa shape index (κ1) is 12.6. The molecule has 0 aliphatic rings. The lowest BCUT2D eigenvalue weighted by Gasteiger charge is -2.08. The van der Waals surface area contributed by atoms with Gasteiger partial charge in [0.25, 0.3) is 5.91 Å². The van der Waals surface area contributed by atoms with E-state index < -0.39 is 0 Å². The maximum Gasteiger partial charge on any atom is 0.259 e. The lowest BCUT2D eigenvalue weighted by molar-refractivity contribution is 0.102. The van der Waals surface area contributed by atoms with Crippen molar-refractivity contribution >= 4 is 33.3 Å². The van der Waals surface area contributed by atoms with Crippen LogP contribution in [-0.2, 0) is 0 Å². The third-order valence-electron chi connectivity index (χ3n) is 2.37. The van der Waals surface area contributed by atoms with Crippen molar-refractivity contribution in [2.45, 2.75) is 0 Å². The van der Waals surface area contributed by atoms with Crippen LogP contribution in [0.4, 0.5) is 11.5 Å². The van der Waals surface area contributed by atoms with E-state index in [1.807, 2.05) is 24.3 Å². The molecule has 0 atom stereocenters. The van der Waals surface area contributed by atoms with E-state index in [9.17, 15) is 4.79 Å². The molecule has 2 rings (SSSR count). The molecule has 0 saturated carbocycles. The number of nitrogens with one attached hydrogen (secondary N) is 2. The van der Waals surface area contributed by atoms with Crippen LogP contribution in [0, 0.1) is 0 Å². The summed E-state index contributed by atoms with van der Waals surface area (Å²) < 4.78 is 0.917. The molecular weight excluding hydrogens is 294 g/mol. The number of amides is 1. The molecule has 0 bridgehead atoms. The number of nitrogens with zero attached hydrogens (tertiary/aromatic N) is 1. The monoisotopic (exact) mass is 305 g/mol. The summed E-state index contributed by atoms with van der Waals surface area (Å²) in [5, 5.41) is 5.72. The van der Waals surface area contributed by atoms with Crippen LogP contribution in [0.25, 0.3) is 0 Å². The molecule has 1 amide bonds. The highest BCUT2D eigenvalue weighted by molar-refractivity contribution is 9.10. The minimum Gasteiger partial charge on any atom is -0.372 e. The first-order chi connectivity index (χ1) is 8.70. The zero-order valence-corrected chi connectivity index (χ0v) is 11.4. The number of hydrogen-bond acceptors (Lipinski definition) is 3. The fourth-order valence-corrected chi connectivity index (χ4v) is 1.95. The summed E-state index contributed by atoms with van der Waals surface area (Å²) in [6, 6.07) is 10.9. The molecule has 5 heteroatoms. The Labute approximate surface area is 114 Å². The Hall–Kier alpha value is -1.88. The Morgan fingerprint density at radius 3 is 2.83 bits per heavy atom. The number of halogens is 1. The van der Waals surface area contributed by atoms with Gasteiger partial charge >= 0.3 is 0 Å². The Balaban J connectivity index is 2.22. The average molecular weight is 306 g/mol. The molecule has 0 spiro atoms. The minimum absolute atomic E-state index is 0.189. The Morgan fingerprint density at radius 2 is 2.11 bits per heavy atom. The Bertz CT molecular complexity index is 572. The van der Waals surface area contributed by atoms with E-state index >= 15 is 0 Å². The second-order valence-corrected chi connectivity index (χ2v) is 4.53. The van der Waals surface area contributed by atoms with Gasteiger partial charge in [-0.15, -0.1) is 0 Å². The largest absolute Gasteiger partial charge is 0.372 e. The van der Waals surface area contributed by atoms with Gasteiger partial charge in [-0.1, -0.05) is 22.0 Å². The van der Waals surface area contributed by atoms with Gasteiger partial charge in [-0.3, -0.25) is 4.79 Å². The van der Waals surface area contributed by atoms with Crippen LogP contribution in [-0.4, -0.2) is 17.9 Å². The molecule has 2 N–H and O–H groups in total. The predicted octanol–water partition coefficient (Wildman–Crippen LogP) is 3.14. The molecule has 0 saturated heterocycles. The SMILES string of the molecule is CNc1ncccc1C(=O)Nc1cccc(Br)c1. The third-order valence-corrected chi connectivity index (χ3v) is 2.86. The van der Waals surface area contributed by atoms with Crippen LogP contribution >= 0.6 is 15.9 Å². The molecule has 0 unspecified atom stereocenters. The maximum absolute atomic E-state index is 12.1. The van der Waals surface area contributed by atoms with E-state index in [0.29, 0.717) is 11.4 Å². The summed E-state index contributed by atoms with van der Waals surface area (Å²) in [4.78, 5) is 16.2. The second-order valence-electron chi connectivity index (χ2n) is 3.61. The van der Waals surface area contributed by atoms with Crippen LogP contribution in [0.3, 0.4) is 0 Å². The van der Waals surface area contributed by atoms with Crippen molar-refractivity contribution in [1.29, 1.82) is 0 Å². The molecule has 1 heterocycles. The van der Waals surface area contributed by atoms with E-state index in [2.05, 4.69) is 31.5 Å². The third kappa shape index (κ3) is 2.87. The van der Waals surface area contributed by atoms with Gasteiger partial charge in [0.1, 0.15) is 5.82 Å². The summed E-state index contributed by atoms with van der Waals surface area (Å²) in [6.07, 6.45) is 1.64. The van der Waals surface area contributed by atoms with Crippen LogP contribution in [0.1, 0.15) is 10.4 Å². The molecular formula is C13H12BrN3O. The minimum atomic E-state index is -0.189. The zero-order valence-electron chi connectivity index (χ0n) is 9.77. The first-order valence-electron chi connectivity index (χ1n) is 5.40. The van der Waals surface area contributed by atoms with E-state index in [0.717, 1.165) is 10.2 Å². The van der Waals surface area contributed by atoms with E-state index in [1.165, 1.54) is 0 Å². The maximum atomic E-state index is 12.1. The number of anilines is 2. The molecule has 1 aromatic heterocycles. The molecule has 0 aliphatic carbocycles. The number of aromatic nitrogens is 1. The lowest BCUT2D eigenvalue weighted by Crippen LogP contribution is -2.14.